The SMILES string of the molecule is CCC(C)CNc1c(Br)cncc1[N+](=O)[O-]. The van der Waals surface area contributed by atoms with Crippen molar-refractivity contribution in [3.05, 3.63) is 27.0 Å². The average Bonchev–Trinajstić information content (AvgIpc) is 2.26. The molecule has 0 aliphatic carbocycles. The summed E-state index contributed by atoms with van der Waals surface area (Å²) in [5.41, 5.74) is 0.498. The molecule has 0 spiro atoms. The maximum atomic E-state index is 10.8. The van der Waals surface area contributed by atoms with Gasteiger partial charge in [0.25, 0.3) is 0 Å². The van der Waals surface area contributed by atoms with Gasteiger partial charge in [0.1, 0.15) is 11.9 Å². The van der Waals surface area contributed by atoms with Gasteiger partial charge in [0.05, 0.1) is 9.40 Å². The fourth-order valence-electron chi connectivity index (χ4n) is 1.16. The number of hydrogen-bond donors (Lipinski definition) is 1. The van der Waals surface area contributed by atoms with Crippen LogP contribution in [0.1, 0.15) is 20.3 Å². The summed E-state index contributed by atoms with van der Waals surface area (Å²) >= 11 is 3.26. The molecule has 0 fully saturated rings. The lowest BCUT2D eigenvalue weighted by Crippen LogP contribution is -2.12. The van der Waals surface area contributed by atoms with Gasteiger partial charge in [0.2, 0.25) is 0 Å². The molecule has 1 atom stereocenters. The minimum atomic E-state index is -0.434. The van der Waals surface area contributed by atoms with Crippen molar-refractivity contribution in [2.75, 3.05) is 11.9 Å². The van der Waals surface area contributed by atoms with Gasteiger partial charge in [-0.1, -0.05) is 20.3 Å². The van der Waals surface area contributed by atoms with Gasteiger partial charge in [0.15, 0.2) is 0 Å². The van der Waals surface area contributed by atoms with Crippen LogP contribution in [-0.2, 0) is 0 Å². The van der Waals surface area contributed by atoms with Crippen LogP contribution >= 0.6 is 15.9 Å². The Labute approximate surface area is 103 Å². The van der Waals surface area contributed by atoms with E-state index in [1.165, 1.54) is 6.20 Å². The van der Waals surface area contributed by atoms with Gasteiger partial charge in [-0.15, -0.1) is 0 Å². The molecule has 88 valence electrons. The number of nitrogens with zero attached hydrogens (tertiary/aromatic N) is 2. The van der Waals surface area contributed by atoms with Gasteiger partial charge in [0, 0.05) is 12.7 Å². The molecule has 1 aromatic rings. The number of rotatable bonds is 5. The van der Waals surface area contributed by atoms with Gasteiger partial charge in [-0.2, -0.15) is 0 Å². The zero-order valence-electron chi connectivity index (χ0n) is 9.24. The van der Waals surface area contributed by atoms with Crippen LogP contribution < -0.4 is 5.32 Å². The Balaban J connectivity index is 2.88. The highest BCUT2D eigenvalue weighted by molar-refractivity contribution is 9.10. The summed E-state index contributed by atoms with van der Waals surface area (Å²) in [5.74, 6) is 0.472. The molecule has 0 saturated carbocycles. The van der Waals surface area contributed by atoms with E-state index >= 15 is 0 Å². The van der Waals surface area contributed by atoms with Crippen LogP contribution in [0, 0.1) is 16.0 Å². The molecule has 0 aromatic carbocycles. The lowest BCUT2D eigenvalue weighted by Gasteiger charge is -2.12. The third-order valence-corrected chi connectivity index (χ3v) is 3.00. The summed E-state index contributed by atoms with van der Waals surface area (Å²) in [7, 11) is 0. The molecule has 0 bridgehead atoms. The highest BCUT2D eigenvalue weighted by Crippen LogP contribution is 2.31. The Bertz CT molecular complexity index is 384. The van der Waals surface area contributed by atoms with E-state index in [9.17, 15) is 10.1 Å². The van der Waals surface area contributed by atoms with E-state index in [1.807, 2.05) is 0 Å². The first-order valence-corrected chi connectivity index (χ1v) is 5.87. The Morgan fingerprint density at radius 3 is 2.88 bits per heavy atom. The summed E-state index contributed by atoms with van der Waals surface area (Å²) in [6.07, 6.45) is 3.83. The van der Waals surface area contributed by atoms with E-state index in [0.29, 0.717) is 22.6 Å². The number of nitrogens with one attached hydrogen (secondary N) is 1. The molecular formula is C10H14BrN3O2. The molecule has 1 unspecified atom stereocenters. The number of hydrogen-bond acceptors (Lipinski definition) is 4. The monoisotopic (exact) mass is 287 g/mol. The molecule has 1 heterocycles. The van der Waals surface area contributed by atoms with Gasteiger partial charge in [-0.3, -0.25) is 15.1 Å². The van der Waals surface area contributed by atoms with E-state index in [-0.39, 0.29) is 5.69 Å². The maximum Gasteiger partial charge on any atom is 0.311 e. The van der Waals surface area contributed by atoms with Crippen LogP contribution in [0.2, 0.25) is 0 Å². The van der Waals surface area contributed by atoms with Crippen LogP contribution in [0.25, 0.3) is 0 Å². The first-order valence-electron chi connectivity index (χ1n) is 5.08. The molecule has 0 radical (unpaired) electrons. The Morgan fingerprint density at radius 1 is 1.62 bits per heavy atom. The highest BCUT2D eigenvalue weighted by Gasteiger charge is 2.17. The van der Waals surface area contributed by atoms with Crippen LogP contribution in [0.5, 0.6) is 0 Å². The molecule has 16 heavy (non-hydrogen) atoms. The number of pyridine rings is 1. The molecule has 5 nitrogen and oxygen atoms in total. The summed E-state index contributed by atoms with van der Waals surface area (Å²) in [6.45, 7) is 4.89. The van der Waals surface area contributed by atoms with E-state index < -0.39 is 4.92 Å². The lowest BCUT2D eigenvalue weighted by molar-refractivity contribution is -0.384. The molecule has 0 saturated heterocycles. The van der Waals surface area contributed by atoms with Crippen molar-refractivity contribution in [2.45, 2.75) is 20.3 Å². The van der Waals surface area contributed by atoms with Gasteiger partial charge < -0.3 is 5.32 Å². The second kappa shape index (κ2) is 5.79. The fourth-order valence-corrected chi connectivity index (χ4v) is 1.62. The highest BCUT2D eigenvalue weighted by atomic mass is 79.9. The zero-order chi connectivity index (χ0) is 12.1. The van der Waals surface area contributed by atoms with Gasteiger partial charge >= 0.3 is 5.69 Å². The second-order valence-electron chi connectivity index (χ2n) is 3.67. The number of nitro groups is 1. The minimum Gasteiger partial charge on any atom is -0.378 e. The standard InChI is InChI=1S/C10H14BrN3O2/c1-3-7(2)4-13-10-8(11)5-12-6-9(10)14(15)16/h5-7H,3-4H2,1-2H3,(H,12,13). The van der Waals surface area contributed by atoms with E-state index in [1.54, 1.807) is 6.20 Å². The molecule has 0 aliphatic rings. The quantitative estimate of drug-likeness (QED) is 0.667. The number of aromatic nitrogens is 1. The Kier molecular flexibility index (Phi) is 4.67. The first kappa shape index (κ1) is 12.9. The minimum absolute atomic E-state index is 0.00215. The summed E-state index contributed by atoms with van der Waals surface area (Å²) in [5, 5.41) is 13.9. The largest absolute Gasteiger partial charge is 0.378 e. The number of anilines is 1. The van der Waals surface area contributed by atoms with Crippen LogP contribution in [0.3, 0.4) is 0 Å². The van der Waals surface area contributed by atoms with Crippen molar-refractivity contribution in [2.24, 2.45) is 5.92 Å². The smallest absolute Gasteiger partial charge is 0.311 e. The van der Waals surface area contributed by atoms with Gasteiger partial charge in [-0.25, -0.2) is 0 Å². The zero-order valence-corrected chi connectivity index (χ0v) is 10.8. The molecule has 6 heteroatoms. The molecule has 0 amide bonds. The average molecular weight is 288 g/mol. The van der Waals surface area contributed by atoms with Crippen LogP contribution in [0.4, 0.5) is 11.4 Å². The van der Waals surface area contributed by atoms with Crippen molar-refractivity contribution in [1.82, 2.24) is 4.98 Å². The third kappa shape index (κ3) is 3.16. The van der Waals surface area contributed by atoms with E-state index in [4.69, 9.17) is 0 Å². The molecule has 1 N–H and O–H groups in total. The topological polar surface area (TPSA) is 68.1 Å². The van der Waals surface area contributed by atoms with Crippen molar-refractivity contribution in [1.29, 1.82) is 0 Å². The second-order valence-corrected chi connectivity index (χ2v) is 4.52. The van der Waals surface area contributed by atoms with Crippen molar-refractivity contribution in [3.63, 3.8) is 0 Å². The van der Waals surface area contributed by atoms with E-state index in [0.717, 1.165) is 6.42 Å². The normalized spacial score (nSPS) is 12.2. The van der Waals surface area contributed by atoms with Crippen molar-refractivity contribution >= 4 is 27.3 Å². The summed E-state index contributed by atoms with van der Waals surface area (Å²) < 4.78 is 0.616. The third-order valence-electron chi connectivity index (χ3n) is 2.40. The van der Waals surface area contributed by atoms with Crippen molar-refractivity contribution in [3.8, 4) is 0 Å². The molecule has 1 aromatic heterocycles. The Morgan fingerprint density at radius 2 is 2.31 bits per heavy atom. The first-order chi connectivity index (χ1) is 7.56. The maximum absolute atomic E-state index is 10.8. The lowest BCUT2D eigenvalue weighted by atomic mass is 10.1. The Hall–Kier alpha value is -1.17. The number of halogens is 1. The molecular weight excluding hydrogens is 274 g/mol. The van der Waals surface area contributed by atoms with Crippen LogP contribution in [0.15, 0.2) is 16.9 Å². The summed E-state index contributed by atoms with van der Waals surface area (Å²) in [6, 6.07) is 0. The summed E-state index contributed by atoms with van der Waals surface area (Å²) in [4.78, 5) is 14.1. The predicted molar refractivity (Wildman–Crippen MR) is 66.5 cm³/mol. The predicted octanol–water partition coefficient (Wildman–Crippen LogP) is 3.21. The molecule has 0 aliphatic heterocycles. The van der Waals surface area contributed by atoms with Crippen molar-refractivity contribution < 1.29 is 4.92 Å². The van der Waals surface area contributed by atoms with Crippen LogP contribution in [-0.4, -0.2) is 16.5 Å². The van der Waals surface area contributed by atoms with Gasteiger partial charge in [-0.05, 0) is 21.8 Å². The molecule has 1 rings (SSSR count). The van der Waals surface area contributed by atoms with E-state index in [2.05, 4.69) is 40.1 Å². The fraction of sp³-hybridized carbons (Fsp3) is 0.500.